The maximum absolute atomic E-state index is 13.0. The quantitative estimate of drug-likeness (QED) is 0.437. The molecule has 0 unspecified atom stereocenters. The Labute approximate surface area is 166 Å². The molecule has 0 aliphatic carbocycles. The van der Waals surface area contributed by atoms with Gasteiger partial charge in [-0.05, 0) is 35.4 Å². The van der Waals surface area contributed by atoms with Gasteiger partial charge in [0.05, 0.1) is 18.7 Å². The zero-order chi connectivity index (χ0) is 21.4. The number of nitrogens with zero attached hydrogens (tertiary/aromatic N) is 2. The number of hydrogen-bond acceptors (Lipinski definition) is 2. The molecule has 0 atom stereocenters. The highest BCUT2D eigenvalue weighted by Crippen LogP contribution is 2.29. The number of carbonyl (C=O) groups excluding carboxylic acids is 1. The third kappa shape index (κ3) is 7.44. The van der Waals surface area contributed by atoms with E-state index in [1.165, 1.54) is 23.1 Å². The molecule has 2 rings (SSSR count). The summed E-state index contributed by atoms with van der Waals surface area (Å²) in [5.74, 6) is -0.302. The monoisotopic (exact) mass is 410 g/mol. The van der Waals surface area contributed by atoms with Gasteiger partial charge in [-0.3, -0.25) is 4.79 Å². The lowest BCUT2D eigenvalue weighted by Gasteiger charge is -2.15. The highest BCUT2D eigenvalue weighted by atomic mass is 19.4. The summed E-state index contributed by atoms with van der Waals surface area (Å²) in [6, 6.07) is 10.7. The van der Waals surface area contributed by atoms with Gasteiger partial charge in [-0.25, -0.2) is 9.38 Å². The number of aliphatic imine (C=N–C) groups is 1. The molecule has 2 N–H and O–H groups in total. The van der Waals surface area contributed by atoms with Gasteiger partial charge in [0.25, 0.3) is 0 Å². The molecule has 2 aromatic rings. The van der Waals surface area contributed by atoms with E-state index in [0.717, 1.165) is 17.7 Å². The van der Waals surface area contributed by atoms with Crippen LogP contribution < -0.4 is 10.6 Å². The molecule has 0 radical (unpaired) electrons. The second-order valence-corrected chi connectivity index (χ2v) is 6.48. The zero-order valence-corrected chi connectivity index (χ0v) is 16.1. The van der Waals surface area contributed by atoms with Crippen molar-refractivity contribution in [2.24, 2.45) is 4.99 Å². The van der Waals surface area contributed by atoms with Crippen molar-refractivity contribution in [3.05, 3.63) is 71.0 Å². The molecule has 0 aromatic heterocycles. The smallest absolute Gasteiger partial charge is 0.352 e. The van der Waals surface area contributed by atoms with Crippen molar-refractivity contribution in [1.82, 2.24) is 15.5 Å². The van der Waals surface area contributed by atoms with Gasteiger partial charge in [0.15, 0.2) is 5.96 Å². The van der Waals surface area contributed by atoms with E-state index in [4.69, 9.17) is 0 Å². The van der Waals surface area contributed by atoms with Gasteiger partial charge in [-0.15, -0.1) is 0 Å². The number of likely N-dealkylation sites (N-methyl/N-ethyl adjacent to an activating group) is 1. The van der Waals surface area contributed by atoms with Crippen LogP contribution >= 0.6 is 0 Å². The van der Waals surface area contributed by atoms with Crippen LogP contribution in [0.1, 0.15) is 16.7 Å². The van der Waals surface area contributed by atoms with Crippen molar-refractivity contribution in [3.8, 4) is 0 Å². The van der Waals surface area contributed by atoms with E-state index in [0.29, 0.717) is 12.1 Å². The summed E-state index contributed by atoms with van der Waals surface area (Å²) in [7, 11) is 3.21. The third-order valence-electron chi connectivity index (χ3n) is 3.95. The second-order valence-electron chi connectivity index (χ2n) is 6.48. The number of benzene rings is 2. The summed E-state index contributed by atoms with van der Waals surface area (Å²) in [4.78, 5) is 17.5. The average molecular weight is 410 g/mol. The van der Waals surface area contributed by atoms with E-state index in [1.54, 1.807) is 32.3 Å². The fourth-order valence-corrected chi connectivity index (χ4v) is 2.30. The molecule has 156 valence electrons. The first-order valence-electron chi connectivity index (χ1n) is 8.78. The minimum atomic E-state index is -4.43. The second kappa shape index (κ2) is 9.90. The maximum Gasteiger partial charge on any atom is 0.416 e. The number of alkyl halides is 3. The number of guanidine groups is 1. The molecule has 0 heterocycles. The fourth-order valence-electron chi connectivity index (χ4n) is 2.30. The van der Waals surface area contributed by atoms with E-state index in [2.05, 4.69) is 15.6 Å². The zero-order valence-electron chi connectivity index (χ0n) is 16.1. The Balaban J connectivity index is 2.10. The van der Waals surface area contributed by atoms with Crippen molar-refractivity contribution in [1.29, 1.82) is 0 Å². The molecule has 0 saturated heterocycles. The van der Waals surface area contributed by atoms with Crippen molar-refractivity contribution in [2.75, 3.05) is 20.6 Å². The predicted molar refractivity (Wildman–Crippen MR) is 103 cm³/mol. The molecule has 0 fully saturated rings. The lowest BCUT2D eigenvalue weighted by atomic mass is 10.1. The fraction of sp³-hybridized carbons (Fsp3) is 0.300. The molecule has 29 heavy (non-hydrogen) atoms. The van der Waals surface area contributed by atoms with Crippen LogP contribution in [-0.2, 0) is 24.1 Å². The van der Waals surface area contributed by atoms with Crippen LogP contribution in [0.25, 0.3) is 0 Å². The largest absolute Gasteiger partial charge is 0.416 e. The normalized spacial score (nSPS) is 11.9. The van der Waals surface area contributed by atoms with Crippen LogP contribution in [0.5, 0.6) is 0 Å². The van der Waals surface area contributed by atoms with E-state index in [-0.39, 0.29) is 30.8 Å². The van der Waals surface area contributed by atoms with Crippen molar-refractivity contribution >= 4 is 11.9 Å². The molecule has 0 aliphatic rings. The SMILES string of the molecule is CN(C)C(=O)CNC(=NCc1cccc(C(F)(F)F)c1)NCc1ccc(F)cc1. The number of amides is 1. The lowest BCUT2D eigenvalue weighted by Crippen LogP contribution is -2.42. The van der Waals surface area contributed by atoms with Gasteiger partial charge in [0, 0.05) is 20.6 Å². The Kier molecular flexibility index (Phi) is 7.58. The summed E-state index contributed by atoms with van der Waals surface area (Å²) < 4.78 is 51.6. The van der Waals surface area contributed by atoms with E-state index >= 15 is 0 Å². The number of carbonyl (C=O) groups is 1. The highest BCUT2D eigenvalue weighted by molar-refractivity contribution is 5.86. The van der Waals surface area contributed by atoms with Gasteiger partial charge in [0.2, 0.25) is 5.91 Å². The van der Waals surface area contributed by atoms with Gasteiger partial charge < -0.3 is 15.5 Å². The number of hydrogen-bond donors (Lipinski definition) is 2. The van der Waals surface area contributed by atoms with Crippen LogP contribution in [0.15, 0.2) is 53.5 Å². The Bertz CT molecular complexity index is 848. The highest BCUT2D eigenvalue weighted by Gasteiger charge is 2.30. The maximum atomic E-state index is 13.0. The predicted octanol–water partition coefficient (Wildman–Crippen LogP) is 3.17. The number of nitrogens with one attached hydrogen (secondary N) is 2. The molecule has 5 nitrogen and oxygen atoms in total. The Morgan fingerprint density at radius 3 is 2.34 bits per heavy atom. The summed E-state index contributed by atoms with van der Waals surface area (Å²) in [6.45, 7) is 0.245. The van der Waals surface area contributed by atoms with Crippen LogP contribution in [0.3, 0.4) is 0 Å². The van der Waals surface area contributed by atoms with Crippen molar-refractivity contribution in [2.45, 2.75) is 19.3 Å². The molecule has 0 aliphatic heterocycles. The summed E-state index contributed by atoms with van der Waals surface area (Å²) >= 11 is 0. The van der Waals surface area contributed by atoms with Gasteiger partial charge in [-0.1, -0.05) is 24.3 Å². The van der Waals surface area contributed by atoms with Crippen LogP contribution in [0.4, 0.5) is 17.6 Å². The van der Waals surface area contributed by atoms with E-state index in [9.17, 15) is 22.4 Å². The van der Waals surface area contributed by atoms with Crippen LogP contribution in [0, 0.1) is 5.82 Å². The number of halogens is 4. The van der Waals surface area contributed by atoms with E-state index < -0.39 is 11.7 Å². The molecule has 9 heteroatoms. The summed E-state index contributed by atoms with van der Waals surface area (Å²) in [5.41, 5.74) is 0.405. The van der Waals surface area contributed by atoms with Crippen molar-refractivity contribution < 1.29 is 22.4 Å². The minimum Gasteiger partial charge on any atom is -0.352 e. The first kappa shape index (κ1) is 22.2. The summed E-state index contributed by atoms with van der Waals surface area (Å²) in [5, 5.41) is 5.84. The summed E-state index contributed by atoms with van der Waals surface area (Å²) in [6.07, 6.45) is -4.43. The first-order valence-corrected chi connectivity index (χ1v) is 8.78. The van der Waals surface area contributed by atoms with Crippen molar-refractivity contribution in [3.63, 3.8) is 0 Å². The number of rotatable bonds is 6. The average Bonchev–Trinajstić information content (AvgIpc) is 2.67. The molecular formula is C20H22F4N4O. The molecular weight excluding hydrogens is 388 g/mol. The molecule has 2 aromatic carbocycles. The molecule has 0 saturated carbocycles. The topological polar surface area (TPSA) is 56.7 Å². The molecule has 1 amide bonds. The van der Waals surface area contributed by atoms with Gasteiger partial charge >= 0.3 is 6.18 Å². The van der Waals surface area contributed by atoms with Crippen LogP contribution in [-0.4, -0.2) is 37.4 Å². The molecule has 0 spiro atoms. The lowest BCUT2D eigenvalue weighted by molar-refractivity contribution is -0.137. The Morgan fingerprint density at radius 2 is 1.72 bits per heavy atom. The van der Waals surface area contributed by atoms with Crippen LogP contribution in [0.2, 0.25) is 0 Å². The minimum absolute atomic E-state index is 0.0151. The molecule has 0 bridgehead atoms. The first-order chi connectivity index (χ1) is 13.6. The Morgan fingerprint density at radius 1 is 1.03 bits per heavy atom. The Hall–Kier alpha value is -3.10. The third-order valence-corrected chi connectivity index (χ3v) is 3.95. The van der Waals surface area contributed by atoms with Gasteiger partial charge in [-0.2, -0.15) is 13.2 Å². The van der Waals surface area contributed by atoms with Gasteiger partial charge in [0.1, 0.15) is 5.82 Å². The standard InChI is InChI=1S/C20H22F4N4O/c1-28(2)18(29)13-27-19(25-11-14-6-8-17(21)9-7-14)26-12-15-4-3-5-16(10-15)20(22,23)24/h3-10H,11-13H2,1-2H3,(H2,25,26,27). The van der Waals surface area contributed by atoms with E-state index in [1.807, 2.05) is 0 Å².